The predicted molar refractivity (Wildman–Crippen MR) is 110 cm³/mol. The fourth-order valence-corrected chi connectivity index (χ4v) is 9.72. The molecule has 2 nitrogen and oxygen atoms in total. The van der Waals surface area contributed by atoms with Gasteiger partial charge in [-0.1, -0.05) is 72.8 Å². The second-order valence-corrected chi connectivity index (χ2v) is 10.6. The molecule has 128 valence electrons. The lowest BCUT2D eigenvalue weighted by Crippen LogP contribution is -2.77. The molecule has 2 aliphatic rings. The van der Waals surface area contributed by atoms with Gasteiger partial charge in [0.1, 0.15) is 23.0 Å². The van der Waals surface area contributed by atoms with Crippen molar-refractivity contribution >= 4 is 28.8 Å². The van der Waals surface area contributed by atoms with Crippen molar-refractivity contribution in [2.24, 2.45) is 0 Å². The van der Waals surface area contributed by atoms with Crippen LogP contribution in [-0.2, 0) is 0 Å². The van der Waals surface area contributed by atoms with Crippen LogP contribution in [0.15, 0.2) is 97.1 Å². The van der Waals surface area contributed by atoms with Gasteiger partial charge >= 0.3 is 0 Å². The van der Waals surface area contributed by atoms with Crippen LogP contribution >= 0.6 is 0 Å². The van der Waals surface area contributed by atoms with E-state index in [1.54, 1.807) is 0 Å². The molecule has 2 aliphatic heterocycles. The van der Waals surface area contributed by atoms with E-state index in [-0.39, 0.29) is 0 Å². The van der Waals surface area contributed by atoms with Crippen molar-refractivity contribution < 1.29 is 9.47 Å². The summed E-state index contributed by atoms with van der Waals surface area (Å²) in [5.74, 6) is 3.73. The lowest BCUT2D eigenvalue weighted by molar-refractivity contribution is 0.464. The maximum Gasteiger partial charge on any atom is 0.197 e. The minimum absolute atomic E-state index is 0.913. The molecule has 4 aromatic carbocycles. The number of para-hydroxylation sites is 2. The molecule has 0 aliphatic carbocycles. The summed E-state index contributed by atoms with van der Waals surface area (Å²) in [7, 11) is -2.50. The van der Waals surface area contributed by atoms with Crippen LogP contribution in [0.5, 0.6) is 23.0 Å². The Balaban J connectivity index is 1.86. The van der Waals surface area contributed by atoms with E-state index in [1.807, 2.05) is 18.2 Å². The third-order valence-corrected chi connectivity index (χ3v) is 10.5. The second kappa shape index (κ2) is 5.35. The van der Waals surface area contributed by atoms with E-state index in [0.29, 0.717) is 0 Å². The van der Waals surface area contributed by atoms with Gasteiger partial charge in [-0.2, -0.15) is 0 Å². The zero-order chi connectivity index (χ0) is 17.8. The fourth-order valence-electron chi connectivity index (χ4n) is 4.58. The molecule has 0 aromatic heterocycles. The van der Waals surface area contributed by atoms with Gasteiger partial charge in [0.15, 0.2) is 8.07 Å². The van der Waals surface area contributed by atoms with Gasteiger partial charge in [-0.05, 0) is 39.8 Å². The van der Waals surface area contributed by atoms with Gasteiger partial charge in [0, 0.05) is 5.19 Å². The van der Waals surface area contributed by atoms with Crippen molar-refractivity contribution in [1.82, 2.24) is 0 Å². The minimum Gasteiger partial charge on any atom is -0.457 e. The highest BCUT2D eigenvalue weighted by molar-refractivity contribution is 7.21. The highest BCUT2D eigenvalue weighted by Gasteiger charge is 2.53. The number of fused-ring (bicyclic) bond motifs is 4. The van der Waals surface area contributed by atoms with Crippen LogP contribution in [0, 0.1) is 0 Å². The van der Waals surface area contributed by atoms with Crippen molar-refractivity contribution in [2.75, 3.05) is 0 Å². The summed E-state index contributed by atoms with van der Waals surface area (Å²) in [4.78, 5) is 0. The SMILES string of the molecule is c1ccc([Si]23c4ccccc4Oc4cccc(c42)Oc2ccccc23)cc1. The number of hydrogen-bond donors (Lipinski definition) is 0. The number of hydrogen-bond acceptors (Lipinski definition) is 2. The van der Waals surface area contributed by atoms with E-state index in [0.717, 1.165) is 23.0 Å². The van der Waals surface area contributed by atoms with Gasteiger partial charge in [0.25, 0.3) is 0 Å². The van der Waals surface area contributed by atoms with Gasteiger partial charge in [-0.15, -0.1) is 0 Å². The van der Waals surface area contributed by atoms with Crippen LogP contribution in [0.4, 0.5) is 0 Å². The highest BCUT2D eigenvalue weighted by atomic mass is 28.3. The summed E-state index contributed by atoms with van der Waals surface area (Å²) in [6.07, 6.45) is 0. The van der Waals surface area contributed by atoms with Crippen molar-refractivity contribution in [3.63, 3.8) is 0 Å². The van der Waals surface area contributed by atoms with E-state index >= 15 is 0 Å². The Bertz CT molecular complexity index is 1120. The summed E-state index contributed by atoms with van der Waals surface area (Å²) in [6.45, 7) is 0. The van der Waals surface area contributed by atoms with Crippen LogP contribution in [0.3, 0.4) is 0 Å². The molecule has 0 atom stereocenters. The molecule has 0 saturated heterocycles. The third-order valence-electron chi connectivity index (χ3n) is 5.59. The van der Waals surface area contributed by atoms with E-state index in [1.165, 1.54) is 20.7 Å². The first-order valence-electron chi connectivity index (χ1n) is 9.13. The van der Waals surface area contributed by atoms with Gasteiger partial charge < -0.3 is 9.47 Å². The maximum atomic E-state index is 6.34. The van der Waals surface area contributed by atoms with Crippen molar-refractivity contribution in [3.8, 4) is 23.0 Å². The monoisotopic (exact) mass is 364 g/mol. The molecule has 6 rings (SSSR count). The molecule has 0 saturated carbocycles. The summed E-state index contributed by atoms with van der Waals surface area (Å²) >= 11 is 0. The normalized spacial score (nSPS) is 14.8. The van der Waals surface area contributed by atoms with Crippen LogP contribution in [0.1, 0.15) is 0 Å². The topological polar surface area (TPSA) is 18.5 Å². The second-order valence-electron chi connectivity index (χ2n) is 6.94. The first-order valence-corrected chi connectivity index (χ1v) is 11.1. The highest BCUT2D eigenvalue weighted by Crippen LogP contribution is 2.38. The Morgan fingerprint density at radius 2 is 0.926 bits per heavy atom. The summed E-state index contributed by atoms with van der Waals surface area (Å²) in [5, 5.41) is 5.14. The minimum atomic E-state index is -2.50. The van der Waals surface area contributed by atoms with Crippen molar-refractivity contribution in [3.05, 3.63) is 97.1 Å². The molecule has 27 heavy (non-hydrogen) atoms. The first kappa shape index (κ1) is 14.8. The zero-order valence-electron chi connectivity index (χ0n) is 14.6. The largest absolute Gasteiger partial charge is 0.457 e. The Morgan fingerprint density at radius 3 is 1.52 bits per heavy atom. The number of benzene rings is 4. The molecule has 3 heteroatoms. The smallest absolute Gasteiger partial charge is 0.197 e. The molecular formula is C24H16O2Si. The summed E-state index contributed by atoms with van der Waals surface area (Å²) < 4.78 is 12.7. The lowest BCUT2D eigenvalue weighted by atomic mass is 10.2. The summed E-state index contributed by atoms with van der Waals surface area (Å²) in [5.41, 5.74) is 0. The average molecular weight is 364 g/mol. The lowest BCUT2D eigenvalue weighted by Gasteiger charge is -2.43. The molecule has 0 spiro atoms. The van der Waals surface area contributed by atoms with Crippen LogP contribution in [0.25, 0.3) is 0 Å². The Kier molecular flexibility index (Phi) is 2.94. The molecule has 0 bridgehead atoms. The number of ether oxygens (including phenoxy) is 2. The van der Waals surface area contributed by atoms with Gasteiger partial charge in [0.05, 0.1) is 0 Å². The molecule has 4 aromatic rings. The maximum absolute atomic E-state index is 6.34. The zero-order valence-corrected chi connectivity index (χ0v) is 15.6. The third kappa shape index (κ3) is 1.84. The van der Waals surface area contributed by atoms with Gasteiger partial charge in [-0.25, -0.2) is 0 Å². The fraction of sp³-hybridized carbons (Fsp3) is 0. The van der Waals surface area contributed by atoms with E-state index in [9.17, 15) is 0 Å². The quantitative estimate of drug-likeness (QED) is 0.417. The molecule has 0 amide bonds. The van der Waals surface area contributed by atoms with Crippen molar-refractivity contribution in [1.29, 1.82) is 0 Å². The Morgan fingerprint density at radius 1 is 0.444 bits per heavy atom. The number of rotatable bonds is 1. The predicted octanol–water partition coefficient (Wildman–Crippen LogP) is 3.28. The van der Waals surface area contributed by atoms with Gasteiger partial charge in [-0.3, -0.25) is 0 Å². The van der Waals surface area contributed by atoms with E-state index < -0.39 is 8.07 Å². The molecule has 0 fully saturated rings. The van der Waals surface area contributed by atoms with Crippen LogP contribution in [0.2, 0.25) is 0 Å². The van der Waals surface area contributed by atoms with Crippen molar-refractivity contribution in [2.45, 2.75) is 0 Å². The molecule has 0 unspecified atom stereocenters. The van der Waals surface area contributed by atoms with E-state index in [4.69, 9.17) is 9.47 Å². The van der Waals surface area contributed by atoms with Gasteiger partial charge in [0.2, 0.25) is 0 Å². The van der Waals surface area contributed by atoms with E-state index in [2.05, 4.69) is 78.9 Å². The first-order chi connectivity index (χ1) is 13.4. The van der Waals surface area contributed by atoms with Crippen LogP contribution < -0.4 is 30.2 Å². The standard InChI is InChI=1S/C24H16O2Si/c1-2-9-17(10-3-1)27-22-15-6-4-11-18(22)25-20-13-8-14-21(24(20)27)26-19-12-5-7-16-23(19)27/h1-16H. The molecular weight excluding hydrogens is 348 g/mol. The molecule has 0 N–H and O–H groups in total. The summed E-state index contributed by atoms with van der Waals surface area (Å²) in [6, 6.07) is 34.0. The average Bonchev–Trinajstić information content (AvgIpc) is 2.74. The molecule has 0 radical (unpaired) electrons. The molecule has 2 heterocycles. The Labute approximate surface area is 158 Å². The Hall–Kier alpha value is -3.30. The van der Waals surface area contributed by atoms with Crippen LogP contribution in [-0.4, -0.2) is 8.07 Å².